The first kappa shape index (κ1) is 8.68. The van der Waals surface area contributed by atoms with Crippen LogP contribution in [0.4, 0.5) is 0 Å². The van der Waals surface area contributed by atoms with Gasteiger partial charge in [0.25, 0.3) is 0 Å². The minimum Gasteiger partial charge on any atom is -0.343 e. The summed E-state index contributed by atoms with van der Waals surface area (Å²) in [5, 5.41) is 0. The highest BCUT2D eigenvalue weighted by Crippen LogP contribution is 2.28. The van der Waals surface area contributed by atoms with Crippen molar-refractivity contribution in [1.29, 1.82) is 0 Å². The van der Waals surface area contributed by atoms with Gasteiger partial charge in [-0.15, -0.1) is 0 Å². The predicted molar refractivity (Wildman–Crippen MR) is 40.2 cm³/mol. The summed E-state index contributed by atoms with van der Waals surface area (Å²) in [4.78, 5) is 10.3. The van der Waals surface area contributed by atoms with E-state index in [1.54, 1.807) is 0 Å². The van der Waals surface area contributed by atoms with Crippen molar-refractivity contribution in [1.82, 2.24) is 0 Å². The molecular weight excluding hydrogens is 144 g/mol. The van der Waals surface area contributed by atoms with Crippen LogP contribution in [0.5, 0.6) is 0 Å². The average Bonchev–Trinajstić information content (AvgIpc) is 2.49. The number of carbonyl (C=O) groups excluding carboxylic acids is 1. The van der Waals surface area contributed by atoms with E-state index in [-0.39, 0.29) is 5.60 Å². The van der Waals surface area contributed by atoms with Crippen molar-refractivity contribution in [2.24, 2.45) is 0 Å². The molecule has 1 aliphatic rings. The van der Waals surface area contributed by atoms with Crippen molar-refractivity contribution in [2.45, 2.75) is 38.6 Å². The molecule has 0 aliphatic carbocycles. The Morgan fingerprint density at radius 3 is 2.45 bits per heavy atom. The first-order chi connectivity index (χ1) is 5.26. The Kier molecular flexibility index (Phi) is 2.62. The van der Waals surface area contributed by atoms with Gasteiger partial charge >= 0.3 is 0 Å². The second-order valence-corrected chi connectivity index (χ2v) is 2.82. The zero-order chi connectivity index (χ0) is 8.32. The number of hydrogen-bond donors (Lipinski definition) is 0. The van der Waals surface area contributed by atoms with Gasteiger partial charge in [0.05, 0.1) is 12.2 Å². The summed E-state index contributed by atoms with van der Waals surface area (Å²) in [7, 11) is 0. The third-order valence-corrected chi connectivity index (χ3v) is 2.28. The number of ether oxygens (including phenoxy) is 2. The predicted octanol–water partition coefficient (Wildman–Crippen LogP) is 1.12. The standard InChI is InChI=1S/C8H14O3/c1-3-8(4-2)6-10-7(5-9)11-8/h5,7H,3-4,6H2,1-2H3. The first-order valence-electron chi connectivity index (χ1n) is 4.01. The zero-order valence-electron chi connectivity index (χ0n) is 7.00. The van der Waals surface area contributed by atoms with Gasteiger partial charge in [0.1, 0.15) is 0 Å². The Morgan fingerprint density at radius 1 is 1.55 bits per heavy atom. The third-order valence-electron chi connectivity index (χ3n) is 2.28. The maximum absolute atomic E-state index is 10.3. The highest BCUT2D eigenvalue weighted by Gasteiger charge is 2.37. The Labute approximate surface area is 66.7 Å². The van der Waals surface area contributed by atoms with Crippen LogP contribution in [0, 0.1) is 0 Å². The minimum atomic E-state index is -0.630. The molecule has 0 saturated carbocycles. The van der Waals surface area contributed by atoms with Crippen LogP contribution in [-0.4, -0.2) is 24.8 Å². The van der Waals surface area contributed by atoms with Gasteiger partial charge in [-0.25, -0.2) is 0 Å². The lowest BCUT2D eigenvalue weighted by Gasteiger charge is -2.22. The highest BCUT2D eigenvalue weighted by molar-refractivity contribution is 5.54. The van der Waals surface area contributed by atoms with Crippen LogP contribution in [0.15, 0.2) is 0 Å². The smallest absolute Gasteiger partial charge is 0.215 e. The molecule has 0 spiro atoms. The second-order valence-electron chi connectivity index (χ2n) is 2.82. The number of rotatable bonds is 3. The summed E-state index contributed by atoms with van der Waals surface area (Å²) in [6.45, 7) is 4.63. The van der Waals surface area contributed by atoms with Crippen LogP contribution >= 0.6 is 0 Å². The lowest BCUT2D eigenvalue weighted by atomic mass is 9.99. The van der Waals surface area contributed by atoms with E-state index >= 15 is 0 Å². The van der Waals surface area contributed by atoms with Crippen LogP contribution in [-0.2, 0) is 14.3 Å². The van der Waals surface area contributed by atoms with Crippen molar-refractivity contribution >= 4 is 6.29 Å². The molecule has 1 heterocycles. The van der Waals surface area contributed by atoms with E-state index in [0.29, 0.717) is 12.9 Å². The Morgan fingerprint density at radius 2 is 2.18 bits per heavy atom. The van der Waals surface area contributed by atoms with E-state index in [1.807, 2.05) is 13.8 Å². The molecule has 0 aromatic rings. The molecule has 1 saturated heterocycles. The number of carbonyl (C=O) groups is 1. The summed E-state index contributed by atoms with van der Waals surface area (Å²) in [6, 6.07) is 0. The van der Waals surface area contributed by atoms with Gasteiger partial charge in [-0.05, 0) is 12.8 Å². The van der Waals surface area contributed by atoms with E-state index in [1.165, 1.54) is 0 Å². The topological polar surface area (TPSA) is 35.5 Å². The van der Waals surface area contributed by atoms with Gasteiger partial charge in [0.15, 0.2) is 6.29 Å². The first-order valence-corrected chi connectivity index (χ1v) is 4.01. The maximum Gasteiger partial charge on any atom is 0.215 e. The quantitative estimate of drug-likeness (QED) is 0.577. The fourth-order valence-corrected chi connectivity index (χ4v) is 1.24. The van der Waals surface area contributed by atoms with Crippen molar-refractivity contribution in [3.63, 3.8) is 0 Å². The molecule has 1 fully saturated rings. The van der Waals surface area contributed by atoms with Crippen LogP contribution in [0.3, 0.4) is 0 Å². The van der Waals surface area contributed by atoms with Crippen molar-refractivity contribution in [3.05, 3.63) is 0 Å². The molecule has 0 aromatic carbocycles. The van der Waals surface area contributed by atoms with Gasteiger partial charge in [0.2, 0.25) is 6.29 Å². The van der Waals surface area contributed by atoms with E-state index in [0.717, 1.165) is 12.8 Å². The van der Waals surface area contributed by atoms with Gasteiger partial charge in [0, 0.05) is 0 Å². The summed E-state index contributed by atoms with van der Waals surface area (Å²) < 4.78 is 10.5. The van der Waals surface area contributed by atoms with Crippen LogP contribution in [0.25, 0.3) is 0 Å². The summed E-state index contributed by atoms with van der Waals surface area (Å²) in [5.41, 5.74) is -0.203. The number of aldehydes is 1. The Hall–Kier alpha value is -0.410. The van der Waals surface area contributed by atoms with Crippen molar-refractivity contribution in [3.8, 4) is 0 Å². The minimum absolute atomic E-state index is 0.203. The molecule has 0 N–H and O–H groups in total. The molecule has 1 unspecified atom stereocenters. The van der Waals surface area contributed by atoms with E-state index in [2.05, 4.69) is 0 Å². The fourth-order valence-electron chi connectivity index (χ4n) is 1.24. The summed E-state index contributed by atoms with van der Waals surface area (Å²) >= 11 is 0. The molecule has 64 valence electrons. The highest BCUT2D eigenvalue weighted by atomic mass is 16.7. The molecular formula is C8H14O3. The monoisotopic (exact) mass is 158 g/mol. The molecule has 3 nitrogen and oxygen atoms in total. The molecule has 1 atom stereocenters. The Bertz CT molecular complexity index is 140. The van der Waals surface area contributed by atoms with Crippen LogP contribution in [0.2, 0.25) is 0 Å². The molecule has 0 amide bonds. The second kappa shape index (κ2) is 3.32. The van der Waals surface area contributed by atoms with Gasteiger partial charge in [-0.3, -0.25) is 4.79 Å². The van der Waals surface area contributed by atoms with Gasteiger partial charge in [-0.1, -0.05) is 13.8 Å². The third kappa shape index (κ3) is 1.60. The normalized spacial score (nSPS) is 28.7. The molecule has 1 rings (SSSR count). The van der Waals surface area contributed by atoms with Crippen LogP contribution in [0.1, 0.15) is 26.7 Å². The summed E-state index contributed by atoms with van der Waals surface area (Å²) in [6.07, 6.45) is 1.87. The maximum atomic E-state index is 10.3. The van der Waals surface area contributed by atoms with Crippen molar-refractivity contribution in [2.75, 3.05) is 6.61 Å². The largest absolute Gasteiger partial charge is 0.343 e. The van der Waals surface area contributed by atoms with E-state index in [9.17, 15) is 4.79 Å². The fraction of sp³-hybridized carbons (Fsp3) is 0.875. The lowest BCUT2D eigenvalue weighted by Crippen LogP contribution is -2.30. The molecule has 0 bridgehead atoms. The zero-order valence-corrected chi connectivity index (χ0v) is 7.00. The Balaban J connectivity index is 2.54. The molecule has 0 aromatic heterocycles. The molecule has 3 heteroatoms. The molecule has 11 heavy (non-hydrogen) atoms. The SMILES string of the molecule is CCC1(CC)COC(C=O)O1. The van der Waals surface area contributed by atoms with Gasteiger partial charge in [-0.2, -0.15) is 0 Å². The van der Waals surface area contributed by atoms with Crippen molar-refractivity contribution < 1.29 is 14.3 Å². The summed E-state index contributed by atoms with van der Waals surface area (Å²) in [5.74, 6) is 0. The molecule has 1 aliphatic heterocycles. The van der Waals surface area contributed by atoms with E-state index in [4.69, 9.17) is 9.47 Å². The molecule has 0 radical (unpaired) electrons. The van der Waals surface area contributed by atoms with E-state index < -0.39 is 6.29 Å². The van der Waals surface area contributed by atoms with Gasteiger partial charge < -0.3 is 9.47 Å². The lowest BCUT2D eigenvalue weighted by molar-refractivity contribution is -0.138. The number of hydrogen-bond acceptors (Lipinski definition) is 3. The average molecular weight is 158 g/mol. The van der Waals surface area contributed by atoms with Crippen LogP contribution < -0.4 is 0 Å².